The van der Waals surface area contributed by atoms with Gasteiger partial charge in [-0.25, -0.2) is 9.61 Å². The summed E-state index contributed by atoms with van der Waals surface area (Å²) in [6, 6.07) is 9.65. The lowest BCUT2D eigenvalue weighted by atomic mass is 10.2. The van der Waals surface area contributed by atoms with Crippen LogP contribution in [-0.2, 0) is 0 Å². The van der Waals surface area contributed by atoms with Crippen molar-refractivity contribution >= 4 is 16.9 Å². The molecule has 0 bridgehead atoms. The Morgan fingerprint density at radius 1 is 1.15 bits per heavy atom. The second-order valence-electron chi connectivity index (χ2n) is 6.28. The lowest BCUT2D eigenvalue weighted by molar-refractivity contribution is 0.261. The maximum Gasteiger partial charge on any atom is 0.199 e. The highest BCUT2D eigenvalue weighted by Crippen LogP contribution is 2.30. The second-order valence-corrected chi connectivity index (χ2v) is 6.28. The van der Waals surface area contributed by atoms with E-state index in [0.717, 1.165) is 29.0 Å². The van der Waals surface area contributed by atoms with Crippen LogP contribution in [0.15, 0.2) is 47.4 Å². The third kappa shape index (κ3) is 3.32. The normalized spacial score (nSPS) is 11.4. The first-order valence-electron chi connectivity index (χ1n) is 8.42. The molecular formula is C18H19N7O2. The topological polar surface area (TPSA) is 108 Å². The molecule has 0 spiro atoms. The van der Waals surface area contributed by atoms with E-state index in [1.54, 1.807) is 12.4 Å². The quantitative estimate of drug-likeness (QED) is 0.553. The van der Waals surface area contributed by atoms with Crippen molar-refractivity contribution in [3.8, 4) is 23.0 Å². The maximum absolute atomic E-state index is 5.88. The first kappa shape index (κ1) is 17.0. The summed E-state index contributed by atoms with van der Waals surface area (Å²) in [5, 5.41) is 7.56. The minimum Gasteiger partial charge on any atom is -0.492 e. The molecule has 0 fully saturated rings. The Kier molecular flexibility index (Phi) is 4.43. The fourth-order valence-electron chi connectivity index (χ4n) is 2.74. The Balaban J connectivity index is 1.74. The van der Waals surface area contributed by atoms with Gasteiger partial charge in [0.15, 0.2) is 17.3 Å². The average Bonchev–Trinajstić information content (AvgIpc) is 3.25. The Hall–Kier alpha value is -3.46. The number of imidazole rings is 1. The summed E-state index contributed by atoms with van der Waals surface area (Å²) in [5.41, 5.74) is 8.76. The average molecular weight is 365 g/mol. The molecule has 0 atom stereocenters. The van der Waals surface area contributed by atoms with Crippen molar-refractivity contribution in [2.75, 3.05) is 33.0 Å². The molecule has 138 valence electrons. The third-order valence-corrected chi connectivity index (χ3v) is 4.08. The van der Waals surface area contributed by atoms with Crippen LogP contribution >= 0.6 is 0 Å². The highest BCUT2D eigenvalue weighted by atomic mass is 16.6. The van der Waals surface area contributed by atoms with Crippen LogP contribution in [0.5, 0.6) is 5.75 Å². The molecule has 1 aromatic carbocycles. The van der Waals surface area contributed by atoms with Gasteiger partial charge in [-0.05, 0) is 54.7 Å². The molecule has 0 radical (unpaired) electrons. The molecule has 0 aliphatic carbocycles. The molecule has 0 saturated heterocycles. The molecule has 4 aromatic rings. The van der Waals surface area contributed by atoms with E-state index < -0.39 is 0 Å². The van der Waals surface area contributed by atoms with Crippen molar-refractivity contribution in [1.82, 2.24) is 29.7 Å². The van der Waals surface area contributed by atoms with Crippen LogP contribution in [0.2, 0.25) is 0 Å². The first-order chi connectivity index (χ1) is 13.1. The van der Waals surface area contributed by atoms with Crippen molar-refractivity contribution in [1.29, 1.82) is 0 Å². The van der Waals surface area contributed by atoms with Gasteiger partial charge in [0.2, 0.25) is 0 Å². The first-order valence-corrected chi connectivity index (χ1v) is 8.42. The lowest BCUT2D eigenvalue weighted by Gasteiger charge is -2.12. The van der Waals surface area contributed by atoms with Gasteiger partial charge in [0, 0.05) is 18.4 Å². The number of hydrogen-bond acceptors (Lipinski definition) is 8. The van der Waals surface area contributed by atoms with Crippen molar-refractivity contribution in [2.24, 2.45) is 0 Å². The zero-order valence-corrected chi connectivity index (χ0v) is 15.0. The Labute approximate surface area is 155 Å². The maximum atomic E-state index is 5.88. The molecule has 2 N–H and O–H groups in total. The molecule has 0 aliphatic rings. The summed E-state index contributed by atoms with van der Waals surface area (Å²) in [4.78, 5) is 10.8. The zero-order valence-electron chi connectivity index (χ0n) is 15.0. The monoisotopic (exact) mass is 365 g/mol. The molecule has 27 heavy (non-hydrogen) atoms. The van der Waals surface area contributed by atoms with Gasteiger partial charge in [-0.15, -0.1) is 0 Å². The van der Waals surface area contributed by atoms with Gasteiger partial charge in [0.1, 0.15) is 17.9 Å². The molecule has 0 unspecified atom stereocenters. The van der Waals surface area contributed by atoms with Crippen LogP contribution in [0.1, 0.15) is 0 Å². The number of likely N-dealkylation sites (N-methyl/N-ethyl adjacent to an activating group) is 1. The van der Waals surface area contributed by atoms with Crippen LogP contribution in [-0.4, -0.2) is 57.0 Å². The largest absolute Gasteiger partial charge is 0.492 e. The minimum absolute atomic E-state index is 0.183. The van der Waals surface area contributed by atoms with Crippen molar-refractivity contribution < 1.29 is 9.37 Å². The van der Waals surface area contributed by atoms with Gasteiger partial charge in [0.05, 0.1) is 11.7 Å². The molecule has 0 saturated carbocycles. The van der Waals surface area contributed by atoms with Gasteiger partial charge >= 0.3 is 0 Å². The van der Waals surface area contributed by atoms with Gasteiger partial charge in [-0.2, -0.15) is 0 Å². The summed E-state index contributed by atoms with van der Waals surface area (Å²) < 4.78 is 12.5. The van der Waals surface area contributed by atoms with Crippen LogP contribution in [0.25, 0.3) is 28.2 Å². The highest BCUT2D eigenvalue weighted by molar-refractivity contribution is 5.83. The van der Waals surface area contributed by atoms with Crippen LogP contribution in [0, 0.1) is 0 Å². The van der Waals surface area contributed by atoms with Crippen LogP contribution < -0.4 is 10.5 Å². The molecule has 3 aromatic heterocycles. The van der Waals surface area contributed by atoms with E-state index in [1.807, 2.05) is 49.0 Å². The third-order valence-electron chi connectivity index (χ3n) is 4.08. The molecule has 0 aliphatic heterocycles. The molecule has 9 heteroatoms. The fourth-order valence-corrected chi connectivity index (χ4v) is 2.74. The van der Waals surface area contributed by atoms with Gasteiger partial charge < -0.3 is 15.4 Å². The summed E-state index contributed by atoms with van der Waals surface area (Å²) >= 11 is 0. The van der Waals surface area contributed by atoms with Crippen LogP contribution in [0.4, 0.5) is 5.82 Å². The summed E-state index contributed by atoms with van der Waals surface area (Å²) in [6.07, 6.45) is 3.41. The second kappa shape index (κ2) is 7.04. The number of aromatic nitrogens is 5. The van der Waals surface area contributed by atoms with E-state index in [4.69, 9.17) is 15.1 Å². The number of hydrogen-bond donors (Lipinski definition) is 1. The number of nitrogen functional groups attached to an aromatic ring is 1. The zero-order chi connectivity index (χ0) is 18.8. The highest BCUT2D eigenvalue weighted by Gasteiger charge is 2.20. The number of rotatable bonds is 6. The van der Waals surface area contributed by atoms with E-state index in [0.29, 0.717) is 18.1 Å². The van der Waals surface area contributed by atoms with Gasteiger partial charge in [0.25, 0.3) is 0 Å². The number of nitrogens with two attached hydrogens (primary N) is 1. The van der Waals surface area contributed by atoms with E-state index >= 15 is 0 Å². The number of fused-ring (bicyclic) bond motifs is 1. The smallest absolute Gasteiger partial charge is 0.199 e. The fraction of sp³-hybridized carbons (Fsp3) is 0.222. The summed E-state index contributed by atoms with van der Waals surface area (Å²) in [7, 11) is 4.02. The number of benzene rings is 1. The number of anilines is 1. The van der Waals surface area contributed by atoms with Crippen molar-refractivity contribution in [3.05, 3.63) is 42.7 Å². The van der Waals surface area contributed by atoms with E-state index in [1.165, 1.54) is 0 Å². The molecule has 0 amide bonds. The summed E-state index contributed by atoms with van der Waals surface area (Å²) in [6.45, 7) is 1.47. The van der Waals surface area contributed by atoms with E-state index in [2.05, 4.69) is 25.2 Å². The van der Waals surface area contributed by atoms with Crippen molar-refractivity contribution in [3.63, 3.8) is 0 Å². The molecule has 3 heterocycles. The standard InChI is InChI=1S/C18H19N7O2/c1-24(2)9-10-26-13-5-3-12(4-6-13)25-15-7-8-20-11-14(15)21-18(25)16-17(19)23-27-22-16/h3-8,11H,9-10H2,1-2H3,(H2,19,23). The number of pyridine rings is 1. The van der Waals surface area contributed by atoms with E-state index in [-0.39, 0.29) is 5.82 Å². The number of ether oxygens (including phenoxy) is 1. The van der Waals surface area contributed by atoms with E-state index in [9.17, 15) is 0 Å². The molecule has 9 nitrogen and oxygen atoms in total. The minimum atomic E-state index is 0.183. The Bertz CT molecular complexity index is 1050. The number of nitrogens with zero attached hydrogens (tertiary/aromatic N) is 6. The molecular weight excluding hydrogens is 346 g/mol. The Morgan fingerprint density at radius 2 is 1.96 bits per heavy atom. The SMILES string of the molecule is CN(C)CCOc1ccc(-n2c(-c3nonc3N)nc3cnccc32)cc1. The van der Waals surface area contributed by atoms with Gasteiger partial charge in [-0.3, -0.25) is 9.55 Å². The van der Waals surface area contributed by atoms with Gasteiger partial charge in [-0.1, -0.05) is 0 Å². The van der Waals surface area contributed by atoms with Crippen molar-refractivity contribution in [2.45, 2.75) is 0 Å². The molecule has 4 rings (SSSR count). The lowest BCUT2D eigenvalue weighted by Crippen LogP contribution is -2.19. The predicted octanol–water partition coefficient (Wildman–Crippen LogP) is 1.99. The predicted molar refractivity (Wildman–Crippen MR) is 101 cm³/mol. The van der Waals surface area contributed by atoms with Crippen LogP contribution in [0.3, 0.4) is 0 Å². The summed E-state index contributed by atoms with van der Waals surface area (Å²) in [5.74, 6) is 1.53. The Morgan fingerprint density at radius 3 is 2.67 bits per heavy atom.